The van der Waals surface area contributed by atoms with E-state index in [1.807, 2.05) is 6.07 Å². The van der Waals surface area contributed by atoms with E-state index in [1.54, 1.807) is 30.3 Å². The number of carbonyl (C=O) groups excluding carboxylic acids is 1. The number of anilines is 1. The first-order chi connectivity index (χ1) is 12.4. The fourth-order valence-electron chi connectivity index (χ4n) is 1.94. The molecule has 1 aromatic heterocycles. The van der Waals surface area contributed by atoms with Crippen molar-refractivity contribution in [2.75, 3.05) is 11.1 Å². The van der Waals surface area contributed by atoms with Gasteiger partial charge in [-0.2, -0.15) is 0 Å². The van der Waals surface area contributed by atoms with E-state index in [0.29, 0.717) is 21.3 Å². The minimum absolute atomic E-state index is 0.129. The van der Waals surface area contributed by atoms with Gasteiger partial charge < -0.3 is 9.73 Å². The minimum atomic E-state index is -0.187. The van der Waals surface area contributed by atoms with Crippen LogP contribution in [0.3, 0.4) is 0 Å². The first kappa shape index (κ1) is 19.7. The maximum atomic E-state index is 12.1. The third-order valence-corrected chi connectivity index (χ3v) is 6.34. The number of amides is 1. The Labute approximate surface area is 180 Å². The van der Waals surface area contributed by atoms with Crippen molar-refractivity contribution in [3.8, 4) is 11.5 Å². The third kappa shape index (κ3) is 5.01. The van der Waals surface area contributed by atoms with E-state index in [2.05, 4.69) is 47.4 Å². The molecule has 0 saturated carbocycles. The summed E-state index contributed by atoms with van der Waals surface area (Å²) in [5, 5.41) is 11.9. The quantitative estimate of drug-likeness (QED) is 0.387. The fourth-order valence-corrected chi connectivity index (χ4v) is 3.62. The van der Waals surface area contributed by atoms with Gasteiger partial charge in [-0.25, -0.2) is 0 Å². The molecule has 0 spiro atoms. The van der Waals surface area contributed by atoms with Crippen molar-refractivity contribution in [2.24, 2.45) is 0 Å². The van der Waals surface area contributed by atoms with E-state index < -0.39 is 0 Å². The summed E-state index contributed by atoms with van der Waals surface area (Å²) in [5.74, 6) is 0.212. The smallest absolute Gasteiger partial charge is 0.277 e. The van der Waals surface area contributed by atoms with Crippen molar-refractivity contribution in [2.45, 2.75) is 5.22 Å². The maximum absolute atomic E-state index is 12.1. The molecule has 0 aliphatic heterocycles. The van der Waals surface area contributed by atoms with Crippen molar-refractivity contribution >= 4 is 78.4 Å². The number of hydrogen-bond donors (Lipinski definition) is 1. The van der Waals surface area contributed by atoms with Crippen LogP contribution in [-0.2, 0) is 4.79 Å². The Morgan fingerprint density at radius 2 is 1.92 bits per heavy atom. The van der Waals surface area contributed by atoms with E-state index in [9.17, 15) is 4.79 Å². The highest BCUT2D eigenvalue weighted by Crippen LogP contribution is 2.31. The highest BCUT2D eigenvalue weighted by Gasteiger charge is 2.14. The second-order valence-corrected chi connectivity index (χ2v) is 8.44. The normalized spacial score (nSPS) is 10.8. The molecular weight excluding hydrogens is 529 g/mol. The predicted octanol–water partition coefficient (Wildman–Crippen LogP) is 6.30. The van der Waals surface area contributed by atoms with Crippen LogP contribution >= 0.6 is 66.8 Å². The van der Waals surface area contributed by atoms with Gasteiger partial charge in [0.25, 0.3) is 5.22 Å². The standard InChI is InChI=1S/C16H9Br2Cl2N3O2S/c17-11-4-2-9(6-12(11)18)21-14(24)7-26-16-23-22-15(25-16)10-3-1-8(19)5-13(10)20/h1-6H,7H2,(H,21,24). The number of nitrogens with zero attached hydrogens (tertiary/aromatic N) is 2. The highest BCUT2D eigenvalue weighted by atomic mass is 79.9. The van der Waals surface area contributed by atoms with Crippen LogP contribution in [0.5, 0.6) is 0 Å². The molecule has 3 aromatic rings. The topological polar surface area (TPSA) is 68.0 Å². The molecular formula is C16H9Br2Cl2N3O2S. The summed E-state index contributed by atoms with van der Waals surface area (Å²) < 4.78 is 7.30. The lowest BCUT2D eigenvalue weighted by Crippen LogP contribution is -2.13. The number of carbonyl (C=O) groups is 1. The van der Waals surface area contributed by atoms with E-state index in [1.165, 1.54) is 0 Å². The fraction of sp³-hybridized carbons (Fsp3) is 0.0625. The molecule has 0 aliphatic carbocycles. The first-order valence-electron chi connectivity index (χ1n) is 7.09. The molecule has 1 amide bonds. The Hall–Kier alpha value is -1.06. The van der Waals surface area contributed by atoms with E-state index in [0.717, 1.165) is 20.7 Å². The first-order valence-corrected chi connectivity index (χ1v) is 10.4. The zero-order chi connectivity index (χ0) is 18.7. The van der Waals surface area contributed by atoms with Crippen LogP contribution in [0.15, 0.2) is 55.0 Å². The van der Waals surface area contributed by atoms with Gasteiger partial charge in [0.1, 0.15) is 0 Å². The van der Waals surface area contributed by atoms with Crippen molar-refractivity contribution in [3.63, 3.8) is 0 Å². The Bertz CT molecular complexity index is 968. The van der Waals surface area contributed by atoms with Gasteiger partial charge >= 0.3 is 0 Å². The second-order valence-electron chi connectivity index (χ2n) is 4.96. The molecule has 0 bridgehead atoms. The Kier molecular flexibility index (Phi) is 6.63. The Balaban J connectivity index is 1.60. The summed E-state index contributed by atoms with van der Waals surface area (Å²) in [6.45, 7) is 0. The summed E-state index contributed by atoms with van der Waals surface area (Å²) in [7, 11) is 0. The van der Waals surface area contributed by atoms with Crippen LogP contribution in [0.2, 0.25) is 10.0 Å². The molecule has 134 valence electrons. The number of thioether (sulfide) groups is 1. The summed E-state index contributed by atoms with van der Waals surface area (Å²) in [6, 6.07) is 10.4. The lowest BCUT2D eigenvalue weighted by molar-refractivity contribution is -0.113. The number of nitrogens with one attached hydrogen (secondary N) is 1. The van der Waals surface area contributed by atoms with Crippen LogP contribution < -0.4 is 5.32 Å². The highest BCUT2D eigenvalue weighted by molar-refractivity contribution is 9.13. The van der Waals surface area contributed by atoms with Crippen molar-refractivity contribution < 1.29 is 9.21 Å². The number of benzene rings is 2. The van der Waals surface area contributed by atoms with Gasteiger partial charge in [0.2, 0.25) is 11.8 Å². The van der Waals surface area contributed by atoms with E-state index in [-0.39, 0.29) is 22.8 Å². The van der Waals surface area contributed by atoms with Crippen LogP contribution in [0.25, 0.3) is 11.5 Å². The molecule has 0 atom stereocenters. The molecule has 0 radical (unpaired) electrons. The number of hydrogen-bond acceptors (Lipinski definition) is 5. The summed E-state index contributed by atoms with van der Waals surface area (Å²) in [6.07, 6.45) is 0. The summed E-state index contributed by atoms with van der Waals surface area (Å²) in [5.41, 5.74) is 1.27. The van der Waals surface area contributed by atoms with Gasteiger partial charge in [0.05, 0.1) is 16.3 Å². The van der Waals surface area contributed by atoms with Crippen molar-refractivity contribution in [1.82, 2.24) is 10.2 Å². The van der Waals surface area contributed by atoms with Gasteiger partial charge in [0.15, 0.2) is 0 Å². The van der Waals surface area contributed by atoms with Gasteiger partial charge in [-0.1, -0.05) is 35.0 Å². The summed E-state index contributed by atoms with van der Waals surface area (Å²) in [4.78, 5) is 12.1. The average molecular weight is 538 g/mol. The lowest BCUT2D eigenvalue weighted by Gasteiger charge is -2.05. The van der Waals surface area contributed by atoms with Crippen molar-refractivity contribution in [1.29, 1.82) is 0 Å². The molecule has 26 heavy (non-hydrogen) atoms. The minimum Gasteiger partial charge on any atom is -0.411 e. The molecule has 0 unspecified atom stereocenters. The van der Waals surface area contributed by atoms with Gasteiger partial charge in [0, 0.05) is 19.7 Å². The van der Waals surface area contributed by atoms with Crippen LogP contribution in [0, 0.1) is 0 Å². The molecule has 1 N–H and O–H groups in total. The molecule has 0 saturated heterocycles. The van der Waals surface area contributed by atoms with Crippen LogP contribution in [0.1, 0.15) is 0 Å². The van der Waals surface area contributed by atoms with Gasteiger partial charge in [-0.15, -0.1) is 10.2 Å². The molecule has 0 fully saturated rings. The Morgan fingerprint density at radius 1 is 1.12 bits per heavy atom. The Morgan fingerprint density at radius 3 is 2.65 bits per heavy atom. The maximum Gasteiger partial charge on any atom is 0.277 e. The summed E-state index contributed by atoms with van der Waals surface area (Å²) >= 11 is 19.9. The van der Waals surface area contributed by atoms with E-state index in [4.69, 9.17) is 27.6 Å². The number of aromatic nitrogens is 2. The zero-order valence-corrected chi connectivity index (χ0v) is 18.3. The lowest BCUT2D eigenvalue weighted by atomic mass is 10.2. The zero-order valence-electron chi connectivity index (χ0n) is 12.8. The average Bonchev–Trinajstić information content (AvgIpc) is 3.05. The molecule has 10 heteroatoms. The van der Waals surface area contributed by atoms with Gasteiger partial charge in [-0.05, 0) is 68.3 Å². The predicted molar refractivity (Wildman–Crippen MR) is 111 cm³/mol. The van der Waals surface area contributed by atoms with Crippen LogP contribution in [0.4, 0.5) is 5.69 Å². The molecule has 1 heterocycles. The molecule has 0 aliphatic rings. The van der Waals surface area contributed by atoms with Crippen LogP contribution in [-0.4, -0.2) is 21.9 Å². The third-order valence-electron chi connectivity index (χ3n) is 3.10. The van der Waals surface area contributed by atoms with Gasteiger partial charge in [-0.3, -0.25) is 4.79 Å². The second kappa shape index (κ2) is 8.75. The molecule has 5 nitrogen and oxygen atoms in total. The monoisotopic (exact) mass is 535 g/mol. The molecule has 2 aromatic carbocycles. The largest absolute Gasteiger partial charge is 0.411 e. The number of rotatable bonds is 5. The van der Waals surface area contributed by atoms with E-state index >= 15 is 0 Å². The molecule has 3 rings (SSSR count). The van der Waals surface area contributed by atoms with Crippen molar-refractivity contribution in [3.05, 3.63) is 55.4 Å². The number of halogens is 4. The SMILES string of the molecule is O=C(CSc1nnc(-c2ccc(Cl)cc2Cl)o1)Nc1ccc(Br)c(Br)c1.